The average Bonchev–Trinajstić information content (AvgIpc) is 3.25. The van der Waals surface area contributed by atoms with Crippen LogP contribution in [0.4, 0.5) is 0 Å². The van der Waals surface area contributed by atoms with Crippen LogP contribution >= 0.6 is 7.82 Å². The van der Waals surface area contributed by atoms with Crippen molar-refractivity contribution in [3.8, 4) is 17.2 Å². The number of ether oxygens (including phenoxy) is 3. The fraction of sp³-hybridized carbons (Fsp3) is 0.611. The van der Waals surface area contributed by atoms with Crippen LogP contribution < -0.4 is 20.1 Å². The van der Waals surface area contributed by atoms with E-state index in [1.165, 1.54) is 6.07 Å². The quantitative estimate of drug-likeness (QED) is 0.201. The van der Waals surface area contributed by atoms with Crippen molar-refractivity contribution in [1.82, 2.24) is 10.6 Å². The summed E-state index contributed by atoms with van der Waals surface area (Å²) in [6.45, 7) is 3.63. The lowest BCUT2D eigenvalue weighted by Gasteiger charge is -2.48. The molecule has 5 rings (SSSR count). The number of phenolic OH excluding ortho intramolecular Hbond substituents is 1. The molecular weight excluding hydrogens is 467 g/mol. The van der Waals surface area contributed by atoms with Crippen molar-refractivity contribution in [3.05, 3.63) is 17.2 Å². The van der Waals surface area contributed by atoms with Gasteiger partial charge in [-0.1, -0.05) is 0 Å². The largest absolute Gasteiger partial charge is 0.504 e. The number of amides is 1. The number of fused-ring (bicyclic) bond motifs is 4. The van der Waals surface area contributed by atoms with Gasteiger partial charge < -0.3 is 55.1 Å². The SMILES string of the molecule is C1COCCN1.O=C1N[C@H]2[C@H](OP(=O)(O)O)[C@H](O)[C@@H](O)[C@H](O)[C@@H]2c2cc3c(c(O)c21)OCO3. The van der Waals surface area contributed by atoms with Crippen molar-refractivity contribution in [1.29, 1.82) is 0 Å². The summed E-state index contributed by atoms with van der Waals surface area (Å²) in [5.74, 6) is -2.49. The number of phenols is 1. The second kappa shape index (κ2) is 9.33. The zero-order chi connectivity index (χ0) is 23.9. The second-order valence-corrected chi connectivity index (χ2v) is 9.03. The molecule has 0 aromatic heterocycles. The van der Waals surface area contributed by atoms with Crippen LogP contribution in [-0.2, 0) is 13.8 Å². The average molecular weight is 492 g/mol. The number of phosphoric acid groups is 1. The van der Waals surface area contributed by atoms with Gasteiger partial charge in [-0.3, -0.25) is 9.32 Å². The molecule has 8 N–H and O–H groups in total. The molecule has 0 unspecified atom stereocenters. The lowest BCUT2D eigenvalue weighted by Crippen LogP contribution is -2.66. The number of aliphatic hydroxyl groups excluding tert-OH is 3. The molecule has 1 saturated carbocycles. The monoisotopic (exact) mass is 492 g/mol. The van der Waals surface area contributed by atoms with Crippen LogP contribution in [0.5, 0.6) is 17.2 Å². The fourth-order valence-electron chi connectivity index (χ4n) is 4.36. The molecule has 3 heterocycles. The minimum absolute atomic E-state index is 0.0586. The molecule has 33 heavy (non-hydrogen) atoms. The van der Waals surface area contributed by atoms with Crippen molar-refractivity contribution in [2.24, 2.45) is 0 Å². The molecule has 1 aromatic carbocycles. The number of morpholine rings is 1. The number of hydrogen-bond acceptors (Lipinski definition) is 11. The lowest BCUT2D eigenvalue weighted by molar-refractivity contribution is -0.152. The van der Waals surface area contributed by atoms with Gasteiger partial charge >= 0.3 is 7.82 Å². The number of aliphatic hydroxyl groups is 3. The number of aromatic hydroxyl groups is 1. The Balaban J connectivity index is 0.000000376. The Bertz CT molecular complexity index is 939. The van der Waals surface area contributed by atoms with E-state index in [-0.39, 0.29) is 29.4 Å². The fourth-order valence-corrected chi connectivity index (χ4v) is 4.93. The Morgan fingerprint density at radius 3 is 2.33 bits per heavy atom. The van der Waals surface area contributed by atoms with Crippen LogP contribution in [0.1, 0.15) is 21.8 Å². The van der Waals surface area contributed by atoms with Crippen LogP contribution in [0, 0.1) is 0 Å². The molecule has 1 amide bonds. The van der Waals surface area contributed by atoms with Gasteiger partial charge in [0.05, 0.1) is 30.9 Å². The molecule has 2 fully saturated rings. The van der Waals surface area contributed by atoms with Crippen LogP contribution in [0.15, 0.2) is 6.07 Å². The maximum Gasteiger partial charge on any atom is 0.470 e. The van der Waals surface area contributed by atoms with Gasteiger partial charge in [0.1, 0.15) is 18.3 Å². The van der Waals surface area contributed by atoms with Crippen LogP contribution in [0.2, 0.25) is 0 Å². The predicted molar refractivity (Wildman–Crippen MR) is 107 cm³/mol. The summed E-state index contributed by atoms with van der Waals surface area (Å²) >= 11 is 0. The molecule has 1 saturated heterocycles. The number of carbonyl (C=O) groups is 1. The Kier molecular flexibility index (Phi) is 6.82. The first-order valence-electron chi connectivity index (χ1n) is 10.1. The van der Waals surface area contributed by atoms with E-state index < -0.39 is 55.9 Å². The number of hydrogen-bond donors (Lipinski definition) is 8. The minimum atomic E-state index is -5.11. The summed E-state index contributed by atoms with van der Waals surface area (Å²) in [5.41, 5.74) is -0.179. The van der Waals surface area contributed by atoms with E-state index in [1.807, 2.05) is 0 Å². The van der Waals surface area contributed by atoms with Crippen LogP contribution in [0.3, 0.4) is 0 Å². The van der Waals surface area contributed by atoms with E-state index in [4.69, 9.17) is 24.0 Å². The summed E-state index contributed by atoms with van der Waals surface area (Å²) in [6.07, 6.45) is -7.09. The molecule has 0 bridgehead atoms. The Morgan fingerprint density at radius 2 is 1.76 bits per heavy atom. The van der Waals surface area contributed by atoms with Gasteiger partial charge in [0.2, 0.25) is 12.5 Å². The molecule has 14 nitrogen and oxygen atoms in total. The molecule has 15 heteroatoms. The van der Waals surface area contributed by atoms with E-state index in [9.17, 15) is 29.8 Å². The highest BCUT2D eigenvalue weighted by atomic mass is 31.2. The van der Waals surface area contributed by atoms with Gasteiger partial charge in [-0.15, -0.1) is 0 Å². The Morgan fingerprint density at radius 1 is 1.06 bits per heavy atom. The standard InChI is InChI=1S/C14H16NO11P.C4H9NO/c16-8-5-3-1-4-12(25-2-24-4)9(17)6(3)14(20)15-7(5)13(11(19)10(8)18)26-27(21,22)23;1-3-6-4-2-5-1/h1,5,7-8,10-11,13,16-19H,2H2,(H,15,20)(H2,21,22,23);5H,1-4H2/t5-,7-,8-,10+,11-,13+;/m1./s1. The highest BCUT2D eigenvalue weighted by Gasteiger charge is 2.56. The third kappa shape index (κ3) is 4.67. The number of carbonyl (C=O) groups excluding carboxylic acids is 1. The van der Waals surface area contributed by atoms with E-state index in [1.54, 1.807) is 0 Å². The normalized spacial score (nSPS) is 32.7. The van der Waals surface area contributed by atoms with E-state index >= 15 is 0 Å². The smallest absolute Gasteiger partial charge is 0.470 e. The molecule has 1 aliphatic carbocycles. The van der Waals surface area contributed by atoms with Crippen LogP contribution in [-0.4, -0.2) is 99.7 Å². The van der Waals surface area contributed by atoms with Gasteiger partial charge in [-0.2, -0.15) is 0 Å². The van der Waals surface area contributed by atoms with E-state index in [0.717, 1.165) is 26.3 Å². The molecular formula is C18H25N2O12P. The molecule has 4 aliphatic rings. The van der Waals surface area contributed by atoms with Gasteiger partial charge in [-0.05, 0) is 11.6 Å². The van der Waals surface area contributed by atoms with Crippen molar-refractivity contribution in [3.63, 3.8) is 0 Å². The zero-order valence-corrected chi connectivity index (χ0v) is 18.1. The topological polar surface area (TPSA) is 216 Å². The highest BCUT2D eigenvalue weighted by Crippen LogP contribution is 2.51. The first kappa shape index (κ1) is 24.1. The number of rotatable bonds is 2. The zero-order valence-electron chi connectivity index (χ0n) is 17.2. The van der Waals surface area contributed by atoms with E-state index in [2.05, 4.69) is 15.2 Å². The third-order valence-electron chi connectivity index (χ3n) is 5.80. The maximum atomic E-state index is 12.5. The third-order valence-corrected chi connectivity index (χ3v) is 6.32. The lowest BCUT2D eigenvalue weighted by atomic mass is 9.70. The Labute approximate surface area is 187 Å². The molecule has 6 atom stereocenters. The summed E-state index contributed by atoms with van der Waals surface area (Å²) in [6, 6.07) is 0.0292. The number of phosphoric ester groups is 1. The second-order valence-electron chi connectivity index (χ2n) is 7.84. The molecule has 3 aliphatic heterocycles. The minimum Gasteiger partial charge on any atom is -0.504 e. The Hall–Kier alpha value is -2.00. The van der Waals surface area contributed by atoms with Crippen molar-refractivity contribution in [2.75, 3.05) is 33.1 Å². The van der Waals surface area contributed by atoms with Gasteiger partial charge in [-0.25, -0.2) is 4.57 Å². The summed E-state index contributed by atoms with van der Waals surface area (Å²) in [4.78, 5) is 30.7. The first-order valence-corrected chi connectivity index (χ1v) is 11.7. The van der Waals surface area contributed by atoms with Crippen molar-refractivity contribution in [2.45, 2.75) is 36.4 Å². The molecule has 1 aromatic rings. The molecule has 0 spiro atoms. The van der Waals surface area contributed by atoms with E-state index in [0.29, 0.717) is 0 Å². The summed E-state index contributed by atoms with van der Waals surface area (Å²) < 4.78 is 31.1. The first-order chi connectivity index (χ1) is 15.6. The van der Waals surface area contributed by atoms with Crippen molar-refractivity contribution >= 4 is 13.7 Å². The number of nitrogens with one attached hydrogen (secondary N) is 2. The predicted octanol–water partition coefficient (Wildman–Crippen LogP) is -2.50. The number of benzene rings is 1. The van der Waals surface area contributed by atoms with Crippen LogP contribution in [0.25, 0.3) is 0 Å². The summed E-state index contributed by atoms with van der Waals surface area (Å²) in [7, 11) is -5.11. The van der Waals surface area contributed by atoms with Gasteiger partial charge in [0.25, 0.3) is 5.91 Å². The highest BCUT2D eigenvalue weighted by molar-refractivity contribution is 7.46. The van der Waals surface area contributed by atoms with Gasteiger partial charge in [0.15, 0.2) is 11.5 Å². The summed E-state index contributed by atoms with van der Waals surface area (Å²) in [5, 5.41) is 46.6. The molecule has 0 radical (unpaired) electrons. The molecule has 184 valence electrons. The van der Waals surface area contributed by atoms with Crippen molar-refractivity contribution < 1.29 is 58.3 Å². The maximum absolute atomic E-state index is 12.5. The van der Waals surface area contributed by atoms with Gasteiger partial charge in [0, 0.05) is 19.0 Å².